The van der Waals surface area contributed by atoms with Gasteiger partial charge in [0.25, 0.3) is 0 Å². The summed E-state index contributed by atoms with van der Waals surface area (Å²) >= 11 is 3.32. The van der Waals surface area contributed by atoms with Crippen LogP contribution in [0.15, 0.2) is 66.4 Å². The van der Waals surface area contributed by atoms with Gasteiger partial charge in [0, 0.05) is 97.8 Å². The van der Waals surface area contributed by atoms with E-state index in [2.05, 4.69) is 55.6 Å². The molecule has 2 aliphatic rings. The minimum Gasteiger partial charge on any atom is -0.423 e. The van der Waals surface area contributed by atoms with Gasteiger partial charge in [0.1, 0.15) is 24.3 Å². The number of halogens is 1. The zero-order valence-electron chi connectivity index (χ0n) is 22.8. The lowest BCUT2D eigenvalue weighted by Crippen LogP contribution is -2.36. The van der Waals surface area contributed by atoms with E-state index < -0.39 is 7.12 Å². The van der Waals surface area contributed by atoms with E-state index in [9.17, 15) is 0 Å². The van der Waals surface area contributed by atoms with Crippen molar-refractivity contribution in [3.05, 3.63) is 66.4 Å². The van der Waals surface area contributed by atoms with Gasteiger partial charge in [-0.15, -0.1) is 0 Å². The number of nitrogen functional groups attached to an aromatic ring is 2. The minimum atomic E-state index is -1.47. The van der Waals surface area contributed by atoms with E-state index in [1.165, 1.54) is 25.0 Å². The van der Waals surface area contributed by atoms with E-state index in [4.69, 9.17) is 31.0 Å². The molecule has 14 nitrogen and oxygen atoms in total. The molecule has 2 saturated heterocycles. The van der Waals surface area contributed by atoms with Crippen molar-refractivity contribution in [2.24, 2.45) is 0 Å². The van der Waals surface area contributed by atoms with Crippen molar-refractivity contribution in [2.75, 3.05) is 73.9 Å². The summed E-state index contributed by atoms with van der Waals surface area (Å²) in [5.74, 6) is 1.82. The zero-order valence-corrected chi connectivity index (χ0v) is 24.4. The quantitative estimate of drug-likeness (QED) is 0.224. The normalized spacial score (nSPS) is 14.6. The Hall–Kier alpha value is -3.96. The van der Waals surface area contributed by atoms with Crippen molar-refractivity contribution in [2.45, 2.75) is 0 Å². The van der Waals surface area contributed by atoms with Gasteiger partial charge in [-0.3, -0.25) is 0 Å². The SMILES string of the molecule is Nc1cc(N2CCOCC2)ncc1-c1cncnc1.Nc1cc(N2CCOCC2)ncc1Br.OB(O)c1cncnc1. The number of ether oxygens (including phenoxy) is 2. The highest BCUT2D eigenvalue weighted by molar-refractivity contribution is 9.10. The number of nitrogens with zero attached hydrogens (tertiary/aromatic N) is 8. The molecule has 16 heteroatoms. The molecule has 4 aromatic heterocycles. The molecule has 6 rings (SSSR count). The average Bonchev–Trinajstić information content (AvgIpc) is 3.04. The van der Waals surface area contributed by atoms with E-state index in [1.54, 1.807) is 24.8 Å². The van der Waals surface area contributed by atoms with E-state index in [0.717, 1.165) is 85.5 Å². The van der Waals surface area contributed by atoms with Gasteiger partial charge in [0.2, 0.25) is 0 Å². The van der Waals surface area contributed by atoms with Crippen molar-refractivity contribution >= 4 is 51.5 Å². The molecule has 4 aromatic rings. The molecule has 0 aliphatic carbocycles. The molecule has 0 unspecified atom stereocenters. The van der Waals surface area contributed by atoms with Crippen LogP contribution in [0.1, 0.15) is 0 Å². The highest BCUT2D eigenvalue weighted by Crippen LogP contribution is 2.27. The number of nitrogens with two attached hydrogens (primary N) is 2. The van der Waals surface area contributed by atoms with E-state index >= 15 is 0 Å². The molecule has 6 heterocycles. The third kappa shape index (κ3) is 9.02. The van der Waals surface area contributed by atoms with Crippen LogP contribution in [0.2, 0.25) is 0 Å². The van der Waals surface area contributed by atoms with Crippen molar-refractivity contribution < 1.29 is 19.5 Å². The molecule has 42 heavy (non-hydrogen) atoms. The Kier molecular flexibility index (Phi) is 11.7. The van der Waals surface area contributed by atoms with Gasteiger partial charge in [-0.1, -0.05) is 0 Å². The Morgan fingerprint density at radius 2 is 1.17 bits per heavy atom. The minimum absolute atomic E-state index is 0.303. The highest BCUT2D eigenvalue weighted by Gasteiger charge is 2.15. The second kappa shape index (κ2) is 15.9. The molecular weight excluding hydrogens is 607 g/mol. The van der Waals surface area contributed by atoms with Crippen LogP contribution in [-0.4, -0.2) is 99.7 Å². The molecule has 0 spiro atoms. The fraction of sp³-hybridized carbons (Fsp3) is 0.308. The number of morpholine rings is 2. The molecular formula is C26H32BBrN10O4. The third-order valence-corrected chi connectivity index (χ3v) is 6.88. The predicted octanol–water partition coefficient (Wildman–Crippen LogP) is 0.377. The third-order valence-electron chi connectivity index (χ3n) is 6.21. The van der Waals surface area contributed by atoms with Crippen molar-refractivity contribution in [1.82, 2.24) is 29.9 Å². The number of rotatable bonds is 4. The fourth-order valence-corrected chi connectivity index (χ4v) is 4.17. The van der Waals surface area contributed by atoms with E-state index in [0.29, 0.717) is 11.2 Å². The summed E-state index contributed by atoms with van der Waals surface area (Å²) in [6.07, 6.45) is 12.5. The Balaban J connectivity index is 0.000000155. The fourth-order valence-electron chi connectivity index (χ4n) is 3.96. The number of aromatic nitrogens is 6. The number of anilines is 4. The van der Waals surface area contributed by atoms with Gasteiger partial charge in [0.05, 0.1) is 36.6 Å². The number of hydrogen-bond acceptors (Lipinski definition) is 14. The molecule has 0 bridgehead atoms. The van der Waals surface area contributed by atoms with Crippen LogP contribution in [0.3, 0.4) is 0 Å². The van der Waals surface area contributed by atoms with Crippen molar-refractivity contribution in [3.8, 4) is 11.1 Å². The lowest BCUT2D eigenvalue weighted by molar-refractivity contribution is 0.122. The maximum absolute atomic E-state index is 8.50. The lowest BCUT2D eigenvalue weighted by Gasteiger charge is -2.28. The molecule has 0 radical (unpaired) electrons. The van der Waals surface area contributed by atoms with Crippen LogP contribution >= 0.6 is 15.9 Å². The van der Waals surface area contributed by atoms with Crippen LogP contribution in [0.4, 0.5) is 23.0 Å². The highest BCUT2D eigenvalue weighted by atomic mass is 79.9. The summed E-state index contributed by atoms with van der Waals surface area (Å²) in [4.78, 5) is 28.3. The van der Waals surface area contributed by atoms with E-state index in [1.807, 2.05) is 12.1 Å². The van der Waals surface area contributed by atoms with Crippen molar-refractivity contribution in [3.63, 3.8) is 0 Å². The van der Waals surface area contributed by atoms with Gasteiger partial charge in [0.15, 0.2) is 0 Å². The van der Waals surface area contributed by atoms with Gasteiger partial charge in [-0.2, -0.15) is 0 Å². The average molecular weight is 639 g/mol. The maximum Gasteiger partial charge on any atom is 0.491 e. The molecule has 0 aromatic carbocycles. The molecule has 6 N–H and O–H groups in total. The second-order valence-corrected chi connectivity index (χ2v) is 9.92. The first-order valence-corrected chi connectivity index (χ1v) is 13.9. The summed E-state index contributed by atoms with van der Waals surface area (Å²) in [5, 5.41) is 17.0. The first-order valence-electron chi connectivity index (χ1n) is 13.1. The molecule has 0 saturated carbocycles. The Morgan fingerprint density at radius 3 is 1.62 bits per heavy atom. The summed E-state index contributed by atoms with van der Waals surface area (Å²) < 4.78 is 11.4. The summed E-state index contributed by atoms with van der Waals surface area (Å²) in [5.41, 5.74) is 15.3. The Bertz CT molecular complexity index is 1380. The van der Waals surface area contributed by atoms with Gasteiger partial charge < -0.3 is 40.8 Å². The van der Waals surface area contributed by atoms with Gasteiger partial charge in [-0.05, 0) is 15.9 Å². The van der Waals surface area contributed by atoms with E-state index in [-0.39, 0.29) is 0 Å². The summed E-state index contributed by atoms with van der Waals surface area (Å²) in [6.45, 7) is 6.45. The largest absolute Gasteiger partial charge is 0.491 e. The second-order valence-electron chi connectivity index (χ2n) is 9.07. The van der Waals surface area contributed by atoms with Crippen LogP contribution in [0.5, 0.6) is 0 Å². The lowest BCUT2D eigenvalue weighted by atomic mass is 9.83. The summed E-state index contributed by atoms with van der Waals surface area (Å²) in [7, 11) is -1.47. The standard InChI is InChI=1S/C13H15N5O.C9H12BrN3O.C4H5BN2O2/c14-12-5-13(18-1-3-19-4-2-18)17-8-11(12)10-6-15-9-16-7-10;10-7-6-12-9(5-8(7)11)13-1-3-14-4-2-13;8-5(9)4-1-6-3-7-2-4/h5-9H,1-4H2,(H2,14,17);5-6H,1-4H2,(H2,11,12);1-3,8-9H. The van der Waals surface area contributed by atoms with Crippen LogP contribution < -0.4 is 26.7 Å². The number of hydrogen-bond donors (Lipinski definition) is 4. The number of pyridine rings is 2. The Labute approximate surface area is 252 Å². The summed E-state index contributed by atoms with van der Waals surface area (Å²) in [6, 6.07) is 3.78. The van der Waals surface area contributed by atoms with Gasteiger partial charge >= 0.3 is 7.12 Å². The molecule has 2 fully saturated rings. The zero-order chi connectivity index (χ0) is 29.7. The predicted molar refractivity (Wildman–Crippen MR) is 164 cm³/mol. The van der Waals surface area contributed by atoms with Crippen LogP contribution in [0.25, 0.3) is 11.1 Å². The smallest absolute Gasteiger partial charge is 0.423 e. The van der Waals surface area contributed by atoms with Crippen LogP contribution in [-0.2, 0) is 9.47 Å². The molecule has 0 amide bonds. The maximum atomic E-state index is 8.50. The first kappa shape index (κ1) is 31.0. The topological polar surface area (TPSA) is 195 Å². The molecule has 220 valence electrons. The first-order chi connectivity index (χ1) is 20.4. The van der Waals surface area contributed by atoms with Crippen LogP contribution in [0, 0.1) is 0 Å². The monoisotopic (exact) mass is 638 g/mol. The van der Waals surface area contributed by atoms with Crippen molar-refractivity contribution in [1.29, 1.82) is 0 Å². The Morgan fingerprint density at radius 1 is 0.690 bits per heavy atom. The molecule has 2 aliphatic heterocycles. The molecule has 0 atom stereocenters. The van der Waals surface area contributed by atoms with Gasteiger partial charge in [-0.25, -0.2) is 29.9 Å².